The molecule has 3 heteroatoms. The minimum atomic E-state index is -0.571. The Balaban J connectivity index is 1.13. The van der Waals surface area contributed by atoms with Crippen molar-refractivity contribution in [3.63, 3.8) is 0 Å². The van der Waals surface area contributed by atoms with E-state index in [1.807, 2.05) is 12.4 Å². The van der Waals surface area contributed by atoms with Crippen LogP contribution in [0.2, 0.25) is 0 Å². The molecule has 1 unspecified atom stereocenters. The Morgan fingerprint density at radius 1 is 0.429 bits per heavy atom. The number of nitrogens with zero attached hydrogens (tertiary/aromatic N) is 3. The van der Waals surface area contributed by atoms with Crippen molar-refractivity contribution in [1.29, 1.82) is 0 Å². The first-order valence-corrected chi connectivity index (χ1v) is 19.3. The largest absolute Gasteiger partial charge is 0.264 e. The summed E-state index contributed by atoms with van der Waals surface area (Å²) in [5, 5.41) is 2.49. The van der Waals surface area contributed by atoms with Crippen LogP contribution in [0.25, 0.3) is 66.8 Å². The van der Waals surface area contributed by atoms with Crippen LogP contribution in [0.5, 0.6) is 0 Å². The number of pyridine rings is 1. The molecule has 0 fully saturated rings. The highest BCUT2D eigenvalue weighted by atomic mass is 14.9. The van der Waals surface area contributed by atoms with Crippen molar-refractivity contribution >= 4 is 10.8 Å². The molecule has 0 aliphatic heterocycles. The molecule has 2 aromatic heterocycles. The van der Waals surface area contributed by atoms with Crippen molar-refractivity contribution in [2.45, 2.75) is 26.2 Å². The molecule has 9 aromatic rings. The van der Waals surface area contributed by atoms with Gasteiger partial charge in [0.25, 0.3) is 0 Å². The maximum Gasteiger partial charge on any atom is 0.160 e. The van der Waals surface area contributed by atoms with Crippen molar-refractivity contribution in [2.24, 2.45) is 0 Å². The number of fused-ring (bicyclic) bond motifs is 4. The van der Waals surface area contributed by atoms with Gasteiger partial charge >= 0.3 is 0 Å². The number of rotatable bonds is 6. The second kappa shape index (κ2) is 13.4. The summed E-state index contributed by atoms with van der Waals surface area (Å²) < 4.78 is 0. The van der Waals surface area contributed by atoms with E-state index in [4.69, 9.17) is 9.97 Å². The van der Waals surface area contributed by atoms with E-state index in [1.54, 1.807) is 0 Å². The average molecular weight is 718 g/mol. The lowest BCUT2D eigenvalue weighted by Crippen LogP contribution is -2.28. The molecule has 0 saturated heterocycles. The summed E-state index contributed by atoms with van der Waals surface area (Å²) in [5.74, 6) is 0.714. The van der Waals surface area contributed by atoms with E-state index in [9.17, 15) is 0 Å². The molecule has 1 aliphatic rings. The van der Waals surface area contributed by atoms with Crippen LogP contribution in [0.4, 0.5) is 0 Å². The zero-order chi connectivity index (χ0) is 37.8. The van der Waals surface area contributed by atoms with Crippen molar-refractivity contribution in [1.82, 2.24) is 15.0 Å². The van der Waals surface area contributed by atoms with E-state index in [2.05, 4.69) is 196 Å². The molecule has 0 bridgehead atoms. The monoisotopic (exact) mass is 717 g/mol. The maximum absolute atomic E-state index is 5.23. The van der Waals surface area contributed by atoms with Gasteiger partial charge in [0, 0.05) is 29.2 Å². The lowest BCUT2D eigenvalue weighted by atomic mass is 9.67. The standard InChI is InChI=1S/C53H39N3/c1-34-32-54-33-35(2)50(34)46-23-13-25-48-51(46)45-21-9-10-24-47(45)53(48,41-17-5-4-6-18-41)42-19-11-16-40(31-42)52-55-36(3)30-49(56-52)39-28-26-38(27-29-39)44-22-12-15-37-14-7-8-20-43(37)44/h4-33H,1-3H3. The number of aromatic nitrogens is 3. The Labute approximate surface area is 328 Å². The van der Waals surface area contributed by atoms with Gasteiger partial charge in [-0.1, -0.05) is 158 Å². The van der Waals surface area contributed by atoms with E-state index in [-0.39, 0.29) is 0 Å². The summed E-state index contributed by atoms with van der Waals surface area (Å²) in [4.78, 5) is 14.8. The van der Waals surface area contributed by atoms with Gasteiger partial charge in [0.15, 0.2) is 5.82 Å². The molecule has 1 aliphatic carbocycles. The van der Waals surface area contributed by atoms with Crippen LogP contribution in [0.1, 0.15) is 39.1 Å². The first-order valence-electron chi connectivity index (χ1n) is 19.3. The van der Waals surface area contributed by atoms with Crippen LogP contribution in [0, 0.1) is 20.8 Å². The van der Waals surface area contributed by atoms with E-state index >= 15 is 0 Å². The number of hydrogen-bond acceptors (Lipinski definition) is 3. The second-order valence-electron chi connectivity index (χ2n) is 14.9. The molecule has 0 saturated carbocycles. The quantitative estimate of drug-likeness (QED) is 0.172. The minimum Gasteiger partial charge on any atom is -0.264 e. The summed E-state index contributed by atoms with van der Waals surface area (Å²) in [6, 6.07) is 61.6. The highest BCUT2D eigenvalue weighted by molar-refractivity contribution is 5.98. The lowest BCUT2D eigenvalue weighted by Gasteiger charge is -2.34. The van der Waals surface area contributed by atoms with Crippen LogP contribution < -0.4 is 0 Å². The van der Waals surface area contributed by atoms with E-state index in [0.29, 0.717) is 5.82 Å². The van der Waals surface area contributed by atoms with Gasteiger partial charge in [0.05, 0.1) is 11.1 Å². The summed E-state index contributed by atoms with van der Waals surface area (Å²) in [5.41, 5.74) is 18.0. The van der Waals surface area contributed by atoms with Crippen molar-refractivity contribution < 1.29 is 0 Å². The van der Waals surface area contributed by atoms with Crippen LogP contribution in [-0.2, 0) is 5.41 Å². The predicted molar refractivity (Wildman–Crippen MR) is 231 cm³/mol. The maximum atomic E-state index is 5.23. The van der Waals surface area contributed by atoms with Gasteiger partial charge < -0.3 is 0 Å². The molecule has 7 aromatic carbocycles. The van der Waals surface area contributed by atoms with Gasteiger partial charge in [-0.05, 0) is 110 Å². The number of benzene rings is 7. The smallest absolute Gasteiger partial charge is 0.160 e. The molecule has 0 spiro atoms. The highest BCUT2D eigenvalue weighted by Gasteiger charge is 2.47. The third-order valence-electron chi connectivity index (χ3n) is 11.6. The van der Waals surface area contributed by atoms with Gasteiger partial charge in [0.2, 0.25) is 0 Å². The van der Waals surface area contributed by atoms with Gasteiger partial charge in [0.1, 0.15) is 0 Å². The van der Waals surface area contributed by atoms with Crippen LogP contribution >= 0.6 is 0 Å². The zero-order valence-corrected chi connectivity index (χ0v) is 31.7. The molecule has 0 amide bonds. The summed E-state index contributed by atoms with van der Waals surface area (Å²) in [6.45, 7) is 6.39. The fourth-order valence-corrected chi connectivity index (χ4v) is 9.17. The first-order chi connectivity index (χ1) is 27.5. The molecular formula is C53H39N3. The molecule has 1 atom stereocenters. The van der Waals surface area contributed by atoms with Crippen LogP contribution in [0.15, 0.2) is 182 Å². The van der Waals surface area contributed by atoms with E-state index in [1.165, 1.54) is 77.5 Å². The highest BCUT2D eigenvalue weighted by Crippen LogP contribution is 2.58. The van der Waals surface area contributed by atoms with Crippen LogP contribution in [-0.4, -0.2) is 15.0 Å². The fraction of sp³-hybridized carbons (Fsp3) is 0.0755. The third-order valence-corrected chi connectivity index (χ3v) is 11.6. The molecule has 266 valence electrons. The molecule has 10 rings (SSSR count). The molecular weight excluding hydrogens is 679 g/mol. The Hall–Kier alpha value is -6.97. The Kier molecular flexibility index (Phi) is 8.04. The normalized spacial score (nSPS) is 14.4. The number of aryl methyl sites for hydroxylation is 3. The summed E-state index contributed by atoms with van der Waals surface area (Å²) >= 11 is 0. The molecule has 56 heavy (non-hydrogen) atoms. The van der Waals surface area contributed by atoms with Crippen LogP contribution in [0.3, 0.4) is 0 Å². The summed E-state index contributed by atoms with van der Waals surface area (Å²) in [6.07, 6.45) is 3.96. The molecule has 0 N–H and O–H groups in total. The first kappa shape index (κ1) is 33.6. The van der Waals surface area contributed by atoms with Crippen molar-refractivity contribution in [2.75, 3.05) is 0 Å². The molecule has 2 heterocycles. The SMILES string of the molecule is Cc1cc(-c2ccc(-c3cccc4ccccc34)cc2)nc(-c2cccc(C3(c4ccccc4)c4ccccc4-c4c(-c5c(C)cncc5C)cccc43)c2)n1. The van der Waals surface area contributed by atoms with E-state index in [0.717, 1.165) is 22.5 Å². The second-order valence-corrected chi connectivity index (χ2v) is 14.9. The molecule has 3 nitrogen and oxygen atoms in total. The topological polar surface area (TPSA) is 38.7 Å². The van der Waals surface area contributed by atoms with Crippen molar-refractivity contribution in [3.8, 4) is 56.0 Å². The van der Waals surface area contributed by atoms with Crippen molar-refractivity contribution in [3.05, 3.63) is 221 Å². The predicted octanol–water partition coefficient (Wildman–Crippen LogP) is 13.0. The van der Waals surface area contributed by atoms with E-state index < -0.39 is 5.41 Å². The summed E-state index contributed by atoms with van der Waals surface area (Å²) in [7, 11) is 0. The zero-order valence-electron chi connectivity index (χ0n) is 31.7. The number of hydrogen-bond donors (Lipinski definition) is 0. The minimum absolute atomic E-state index is 0.571. The van der Waals surface area contributed by atoms with Gasteiger partial charge in [-0.15, -0.1) is 0 Å². The Morgan fingerprint density at radius 2 is 1.05 bits per heavy atom. The van der Waals surface area contributed by atoms with Gasteiger partial charge in [-0.3, -0.25) is 4.98 Å². The Morgan fingerprint density at radius 3 is 1.89 bits per heavy atom. The average Bonchev–Trinajstić information content (AvgIpc) is 3.55. The van der Waals surface area contributed by atoms with Gasteiger partial charge in [-0.2, -0.15) is 0 Å². The van der Waals surface area contributed by atoms with Gasteiger partial charge in [-0.25, -0.2) is 9.97 Å². The Bertz CT molecular complexity index is 2920. The lowest BCUT2D eigenvalue weighted by molar-refractivity contribution is 0.768. The third kappa shape index (κ3) is 5.31. The fourth-order valence-electron chi connectivity index (χ4n) is 9.17. The molecule has 0 radical (unpaired) electrons.